The third kappa shape index (κ3) is 9.57. The van der Waals surface area contributed by atoms with Crippen LogP contribution in [-0.2, 0) is 55.9 Å². The molecule has 4 aliphatic heterocycles. The van der Waals surface area contributed by atoms with Gasteiger partial charge >= 0.3 is 29.6 Å². The summed E-state index contributed by atoms with van der Waals surface area (Å²) in [6.45, 7) is 7.18. The van der Waals surface area contributed by atoms with Gasteiger partial charge in [-0.15, -0.1) is 0 Å². The van der Waals surface area contributed by atoms with Gasteiger partial charge in [-0.2, -0.15) is 0 Å². The van der Waals surface area contributed by atoms with Gasteiger partial charge in [0.25, 0.3) is 0 Å². The molecule has 0 aliphatic carbocycles. The van der Waals surface area contributed by atoms with E-state index in [0.29, 0.717) is 13.2 Å². The van der Waals surface area contributed by atoms with Crippen molar-refractivity contribution < 1.29 is 93.0 Å². The molecule has 4 fully saturated rings. The van der Waals surface area contributed by atoms with Crippen LogP contribution in [0.5, 0.6) is 0 Å². The van der Waals surface area contributed by atoms with E-state index in [1.54, 1.807) is 13.8 Å². The van der Waals surface area contributed by atoms with E-state index in [9.17, 15) is 15.0 Å². The fraction of sp³-hybridized carbons (Fsp3) is 0.475. The number of benzene rings is 4. The summed E-state index contributed by atoms with van der Waals surface area (Å²) in [4.78, 5) is 11.3. The van der Waals surface area contributed by atoms with Gasteiger partial charge in [0.05, 0.1) is 26.4 Å². The Balaban J connectivity index is 0.000000223. The van der Waals surface area contributed by atoms with Crippen LogP contribution in [0.4, 0.5) is 0 Å². The van der Waals surface area contributed by atoms with E-state index in [2.05, 4.69) is 42.5 Å². The molecule has 4 aliphatic rings. The van der Waals surface area contributed by atoms with Crippen molar-refractivity contribution in [2.75, 3.05) is 20.3 Å². The smallest absolute Gasteiger partial charge is 0.870 e. The van der Waals surface area contributed by atoms with Crippen molar-refractivity contribution in [1.82, 2.24) is 0 Å². The second-order valence-corrected chi connectivity index (χ2v) is 14.0. The second kappa shape index (κ2) is 18.7. The van der Waals surface area contributed by atoms with Gasteiger partial charge in [0, 0.05) is 7.11 Å². The third-order valence-corrected chi connectivity index (χ3v) is 9.45. The average molecular weight is 761 g/mol. The Morgan fingerprint density at radius 2 is 1.13 bits per heavy atom. The fourth-order valence-corrected chi connectivity index (χ4v) is 7.04. The van der Waals surface area contributed by atoms with Gasteiger partial charge in [-0.25, -0.2) is 0 Å². The number of aldehydes is 1. The van der Waals surface area contributed by atoms with E-state index in [0.717, 1.165) is 40.7 Å². The van der Waals surface area contributed by atoms with Gasteiger partial charge in [0.1, 0.15) is 36.1 Å². The average Bonchev–Trinajstić information content (AvgIpc) is 3.83. The quantitative estimate of drug-likeness (QED) is 0.164. The molecule has 13 nitrogen and oxygen atoms in total. The summed E-state index contributed by atoms with van der Waals surface area (Å²) in [7, 11) is 1.00. The molecule has 0 bridgehead atoms. The first-order valence-corrected chi connectivity index (χ1v) is 17.4. The Morgan fingerprint density at radius 3 is 1.65 bits per heavy atom. The van der Waals surface area contributed by atoms with Crippen LogP contribution in [0, 0.1) is 0 Å². The number of carbonyl (C=O) groups excluding carboxylic acids is 1. The molecule has 14 heteroatoms. The molecule has 0 saturated carbocycles. The summed E-state index contributed by atoms with van der Waals surface area (Å²) in [5.41, 5.74) is 0.790. The SMILES string of the molecule is CC1(C)O[C@H]2OC(CO)(CO)[C@@H](OCc3ccc4ccccc4c3)[C@H]2O1.CC1(C)O[C@H]2O[C@H](C=O)[C@@H](OCc3ccc4ccccc4c3)[C@H]2O1.CO.[Na+].[OH-]. The number of hydrogen-bond acceptors (Lipinski definition) is 13. The zero-order valence-electron chi connectivity index (χ0n) is 31.5. The largest absolute Gasteiger partial charge is 1.00 e. The molecule has 288 valence electrons. The van der Waals surface area contributed by atoms with E-state index in [1.165, 1.54) is 5.39 Å². The Hall–Kier alpha value is -2.41. The van der Waals surface area contributed by atoms with Crippen LogP contribution in [-0.4, -0.2) is 108 Å². The molecule has 7 atom stereocenters. The molecule has 4 saturated heterocycles. The van der Waals surface area contributed by atoms with Gasteiger partial charge < -0.3 is 63.5 Å². The Labute approximate surface area is 336 Å². The Bertz CT molecular complexity index is 1820. The van der Waals surface area contributed by atoms with Crippen LogP contribution in [0.2, 0.25) is 0 Å². The number of fused-ring (bicyclic) bond motifs is 4. The molecular weight excluding hydrogens is 711 g/mol. The number of ether oxygens (including phenoxy) is 8. The molecule has 4 aromatic carbocycles. The van der Waals surface area contributed by atoms with E-state index >= 15 is 0 Å². The molecule has 4 N–H and O–H groups in total. The van der Waals surface area contributed by atoms with E-state index < -0.39 is 60.3 Å². The number of aliphatic hydroxyl groups excluding tert-OH is 3. The molecule has 0 radical (unpaired) electrons. The predicted octanol–water partition coefficient (Wildman–Crippen LogP) is 1.19. The molecular formula is C40H49NaO13. The number of hydrogen-bond donors (Lipinski definition) is 3. The van der Waals surface area contributed by atoms with Crippen LogP contribution < -0.4 is 29.6 Å². The Morgan fingerprint density at radius 1 is 0.648 bits per heavy atom. The van der Waals surface area contributed by atoms with Crippen molar-refractivity contribution in [2.45, 2.75) is 101 Å². The second-order valence-electron chi connectivity index (χ2n) is 14.0. The predicted molar refractivity (Wildman–Crippen MR) is 192 cm³/mol. The summed E-state index contributed by atoms with van der Waals surface area (Å²) >= 11 is 0. The van der Waals surface area contributed by atoms with Crippen LogP contribution in [0.1, 0.15) is 38.8 Å². The molecule has 0 aromatic heterocycles. The standard InChI is InChI=1S/C20H24O6.C19H20O5.CH4O.Na.H2O/c1-19(2)24-16-17(20(11-21,12-22)26-18(16)25-19)23-10-13-7-8-14-5-3-4-6-15(14)9-13;1-19(2)23-17-16(15(10-20)22-18(17)24-19)21-11-12-7-8-13-5-3-4-6-14(13)9-12;1-2;;/h3-9,16-18,21-22H,10-12H2,1-2H3;3-10,15-18H,11H2,1-2H3;2H,1H3;;1H2/q;;;+1;/p-1/t16-,17+,18+;15-,16-,17-,18-;;;/m11.../s1. The maximum absolute atomic E-state index is 11.3. The van der Waals surface area contributed by atoms with Crippen molar-refractivity contribution in [3.63, 3.8) is 0 Å². The maximum atomic E-state index is 11.3. The van der Waals surface area contributed by atoms with Gasteiger partial charge in [0.2, 0.25) is 0 Å². The van der Waals surface area contributed by atoms with Gasteiger partial charge in [0.15, 0.2) is 30.4 Å². The van der Waals surface area contributed by atoms with Gasteiger partial charge in [-0.05, 0) is 72.5 Å². The van der Waals surface area contributed by atoms with Gasteiger partial charge in [-0.3, -0.25) is 0 Å². The normalized spacial score (nSPS) is 28.0. The zero-order valence-corrected chi connectivity index (χ0v) is 33.5. The monoisotopic (exact) mass is 760 g/mol. The number of carbonyl (C=O) groups is 1. The van der Waals surface area contributed by atoms with E-state index in [1.807, 2.05) is 56.3 Å². The van der Waals surface area contributed by atoms with Crippen LogP contribution in [0.3, 0.4) is 0 Å². The molecule has 8 rings (SSSR count). The van der Waals surface area contributed by atoms with Crippen LogP contribution >= 0.6 is 0 Å². The molecule has 0 amide bonds. The van der Waals surface area contributed by atoms with E-state index in [4.69, 9.17) is 43.0 Å². The van der Waals surface area contributed by atoms with Crippen molar-refractivity contribution >= 4 is 27.8 Å². The molecule has 4 heterocycles. The molecule has 0 unspecified atom stereocenters. The van der Waals surface area contributed by atoms with Crippen molar-refractivity contribution in [3.8, 4) is 0 Å². The van der Waals surface area contributed by atoms with Crippen molar-refractivity contribution in [1.29, 1.82) is 0 Å². The molecule has 0 spiro atoms. The minimum atomic E-state index is -1.25. The molecule has 54 heavy (non-hydrogen) atoms. The topological polar surface area (TPSA) is 182 Å². The molecule has 4 aromatic rings. The number of rotatable bonds is 9. The zero-order chi connectivity index (χ0) is 37.1. The number of aliphatic hydroxyl groups is 3. The summed E-state index contributed by atoms with van der Waals surface area (Å²) in [5.74, 6) is -1.52. The summed E-state index contributed by atoms with van der Waals surface area (Å²) in [6, 6.07) is 28.6. The third-order valence-electron chi connectivity index (χ3n) is 9.45. The van der Waals surface area contributed by atoms with Crippen LogP contribution in [0.25, 0.3) is 21.5 Å². The first-order valence-electron chi connectivity index (χ1n) is 17.4. The summed E-state index contributed by atoms with van der Waals surface area (Å²) in [5, 5.41) is 31.3. The fourth-order valence-electron chi connectivity index (χ4n) is 7.04. The maximum Gasteiger partial charge on any atom is 1.00 e. The first kappa shape index (κ1) is 44.3. The summed E-state index contributed by atoms with van der Waals surface area (Å²) in [6.07, 6.45) is -3.17. The van der Waals surface area contributed by atoms with Gasteiger partial charge in [-0.1, -0.05) is 72.8 Å². The Kier molecular flexibility index (Phi) is 15.3. The van der Waals surface area contributed by atoms with Crippen LogP contribution in [0.15, 0.2) is 84.9 Å². The minimum Gasteiger partial charge on any atom is -0.870 e. The first-order chi connectivity index (χ1) is 25.0. The minimum absolute atomic E-state index is 0. The van der Waals surface area contributed by atoms with Crippen molar-refractivity contribution in [3.05, 3.63) is 96.1 Å². The van der Waals surface area contributed by atoms with Crippen molar-refractivity contribution in [2.24, 2.45) is 0 Å². The summed E-state index contributed by atoms with van der Waals surface area (Å²) < 4.78 is 46.6. The van der Waals surface area contributed by atoms with E-state index in [-0.39, 0.29) is 48.2 Å².